The van der Waals surface area contributed by atoms with Crippen LogP contribution in [0.1, 0.15) is 23.4 Å². The first-order valence-electron chi connectivity index (χ1n) is 5.58. The Morgan fingerprint density at radius 3 is 2.50 bits per heavy atom. The second-order valence-corrected chi connectivity index (χ2v) is 5.52. The summed E-state index contributed by atoms with van der Waals surface area (Å²) in [6.07, 6.45) is 1.23. The van der Waals surface area contributed by atoms with Gasteiger partial charge in [0, 0.05) is 4.88 Å². The van der Waals surface area contributed by atoms with Crippen molar-refractivity contribution < 1.29 is 14.3 Å². The Hall–Kier alpha value is -1.63. The summed E-state index contributed by atoms with van der Waals surface area (Å²) in [5.41, 5.74) is 0.0598. The molecule has 1 heterocycles. The van der Waals surface area contributed by atoms with Gasteiger partial charge in [0.15, 0.2) is 5.13 Å². The third kappa shape index (κ3) is 2.45. The average molecular weight is 269 g/mol. The first-order chi connectivity index (χ1) is 8.47. The van der Waals surface area contributed by atoms with Crippen LogP contribution in [0.4, 0.5) is 9.93 Å². The van der Waals surface area contributed by atoms with E-state index in [4.69, 9.17) is 0 Å². The largest absolute Gasteiger partial charge is 0.467 e. The molecule has 1 saturated carbocycles. The van der Waals surface area contributed by atoms with E-state index >= 15 is 0 Å². The summed E-state index contributed by atoms with van der Waals surface area (Å²) in [5.74, 6) is -0.399. The van der Waals surface area contributed by atoms with Gasteiger partial charge in [0.2, 0.25) is 0 Å². The predicted molar refractivity (Wildman–Crippen MR) is 67.7 cm³/mol. The first kappa shape index (κ1) is 12.8. The standard InChI is InChI=1S/C11H15N3O3S/c1-6-7(2)18-10(12-6)13-9(16)14-11(4-5-11)8(15)17-3/h4-5H2,1-3H3,(H2,12,13,14,16). The van der Waals surface area contributed by atoms with Crippen molar-refractivity contribution in [1.82, 2.24) is 10.3 Å². The number of rotatable bonds is 3. The highest BCUT2D eigenvalue weighted by atomic mass is 32.1. The number of nitrogens with one attached hydrogen (secondary N) is 2. The summed E-state index contributed by atoms with van der Waals surface area (Å²) in [7, 11) is 1.32. The van der Waals surface area contributed by atoms with E-state index < -0.39 is 17.5 Å². The quantitative estimate of drug-likeness (QED) is 0.816. The number of aromatic nitrogens is 1. The lowest BCUT2D eigenvalue weighted by molar-refractivity contribution is -0.144. The van der Waals surface area contributed by atoms with Crippen LogP contribution in [0.2, 0.25) is 0 Å². The van der Waals surface area contributed by atoms with Crippen LogP contribution in [0.25, 0.3) is 0 Å². The van der Waals surface area contributed by atoms with Crippen LogP contribution < -0.4 is 10.6 Å². The van der Waals surface area contributed by atoms with E-state index in [0.717, 1.165) is 10.6 Å². The maximum absolute atomic E-state index is 11.7. The fraction of sp³-hybridized carbons (Fsp3) is 0.545. The van der Waals surface area contributed by atoms with Crippen molar-refractivity contribution in [2.45, 2.75) is 32.2 Å². The molecule has 0 unspecified atom stereocenters. The molecule has 0 radical (unpaired) electrons. The van der Waals surface area contributed by atoms with Crippen LogP contribution in [0.15, 0.2) is 0 Å². The number of anilines is 1. The number of carbonyl (C=O) groups is 2. The van der Waals surface area contributed by atoms with E-state index in [1.807, 2.05) is 13.8 Å². The van der Waals surface area contributed by atoms with E-state index in [2.05, 4.69) is 20.4 Å². The molecule has 2 N–H and O–H groups in total. The molecule has 2 amide bonds. The van der Waals surface area contributed by atoms with Gasteiger partial charge in [-0.1, -0.05) is 0 Å². The summed E-state index contributed by atoms with van der Waals surface area (Å²) in [6.45, 7) is 3.82. The summed E-state index contributed by atoms with van der Waals surface area (Å²) >= 11 is 1.40. The number of esters is 1. The van der Waals surface area contributed by atoms with Crippen LogP contribution in [0.3, 0.4) is 0 Å². The lowest BCUT2D eigenvalue weighted by Crippen LogP contribution is -2.45. The summed E-state index contributed by atoms with van der Waals surface area (Å²) in [5, 5.41) is 5.80. The van der Waals surface area contributed by atoms with Gasteiger partial charge in [-0.2, -0.15) is 0 Å². The SMILES string of the molecule is COC(=O)C1(NC(=O)Nc2nc(C)c(C)s2)CC1. The minimum absolute atomic E-state index is 0.399. The van der Waals surface area contributed by atoms with Crippen LogP contribution in [0, 0.1) is 13.8 Å². The molecule has 1 aromatic heterocycles. The van der Waals surface area contributed by atoms with Gasteiger partial charge in [0.05, 0.1) is 12.8 Å². The van der Waals surface area contributed by atoms with Crippen molar-refractivity contribution in [2.75, 3.05) is 12.4 Å². The lowest BCUT2D eigenvalue weighted by Gasteiger charge is -2.14. The van der Waals surface area contributed by atoms with Gasteiger partial charge < -0.3 is 10.1 Å². The third-order valence-corrected chi connectivity index (χ3v) is 3.92. The predicted octanol–water partition coefficient (Wildman–Crippen LogP) is 1.59. The molecule has 1 aliphatic carbocycles. The summed E-state index contributed by atoms with van der Waals surface area (Å²) in [6, 6.07) is -0.424. The molecule has 1 aromatic rings. The molecule has 1 aliphatic rings. The minimum atomic E-state index is -0.833. The number of hydrogen-bond donors (Lipinski definition) is 2. The molecule has 0 aliphatic heterocycles. The summed E-state index contributed by atoms with van der Waals surface area (Å²) in [4.78, 5) is 28.5. The number of nitrogens with zero attached hydrogens (tertiary/aromatic N) is 1. The number of urea groups is 1. The van der Waals surface area contributed by atoms with Gasteiger partial charge >= 0.3 is 12.0 Å². The fourth-order valence-electron chi connectivity index (χ4n) is 1.57. The van der Waals surface area contributed by atoms with Gasteiger partial charge in [-0.15, -0.1) is 11.3 Å². The minimum Gasteiger partial charge on any atom is -0.467 e. The molecule has 6 nitrogen and oxygen atoms in total. The number of aryl methyl sites for hydroxylation is 2. The molecular weight excluding hydrogens is 254 g/mol. The molecule has 0 aromatic carbocycles. The van der Waals surface area contributed by atoms with Crippen molar-refractivity contribution in [2.24, 2.45) is 0 Å². The molecule has 0 spiro atoms. The number of methoxy groups -OCH3 is 1. The monoisotopic (exact) mass is 269 g/mol. The number of thiazole rings is 1. The van der Waals surface area contributed by atoms with Gasteiger partial charge in [-0.05, 0) is 26.7 Å². The molecule has 18 heavy (non-hydrogen) atoms. The molecular formula is C11H15N3O3S. The van der Waals surface area contributed by atoms with Gasteiger partial charge in [0.1, 0.15) is 5.54 Å². The fourth-order valence-corrected chi connectivity index (χ4v) is 2.38. The molecule has 0 bridgehead atoms. The van der Waals surface area contributed by atoms with Gasteiger partial charge in [-0.3, -0.25) is 5.32 Å². The lowest BCUT2D eigenvalue weighted by atomic mass is 10.3. The van der Waals surface area contributed by atoms with Crippen molar-refractivity contribution in [1.29, 1.82) is 0 Å². The highest BCUT2D eigenvalue weighted by Crippen LogP contribution is 2.36. The van der Waals surface area contributed by atoms with Crippen LogP contribution in [-0.4, -0.2) is 29.6 Å². The van der Waals surface area contributed by atoms with Crippen molar-refractivity contribution in [3.05, 3.63) is 10.6 Å². The zero-order chi connectivity index (χ0) is 13.3. The second-order valence-electron chi connectivity index (χ2n) is 4.31. The van der Waals surface area contributed by atoms with Gasteiger partial charge in [-0.25, -0.2) is 14.6 Å². The Balaban J connectivity index is 1.95. The Labute approximate surface area is 109 Å². The Morgan fingerprint density at radius 2 is 2.06 bits per heavy atom. The average Bonchev–Trinajstić information content (AvgIpc) is 3.01. The Kier molecular flexibility index (Phi) is 3.25. The van der Waals surface area contributed by atoms with Crippen molar-refractivity contribution >= 4 is 28.5 Å². The first-order valence-corrected chi connectivity index (χ1v) is 6.40. The zero-order valence-electron chi connectivity index (χ0n) is 10.5. The van der Waals surface area contributed by atoms with Crippen LogP contribution in [0.5, 0.6) is 0 Å². The number of ether oxygens (including phenoxy) is 1. The van der Waals surface area contributed by atoms with E-state index in [9.17, 15) is 9.59 Å². The third-order valence-electron chi connectivity index (χ3n) is 2.93. The van der Waals surface area contributed by atoms with E-state index in [0.29, 0.717) is 18.0 Å². The van der Waals surface area contributed by atoms with Crippen molar-refractivity contribution in [3.63, 3.8) is 0 Å². The second kappa shape index (κ2) is 4.56. The van der Waals surface area contributed by atoms with Crippen LogP contribution in [-0.2, 0) is 9.53 Å². The van der Waals surface area contributed by atoms with Crippen LogP contribution >= 0.6 is 11.3 Å². The number of amides is 2. The van der Waals surface area contributed by atoms with E-state index in [1.165, 1.54) is 18.4 Å². The molecule has 2 rings (SSSR count). The Morgan fingerprint density at radius 1 is 1.39 bits per heavy atom. The van der Waals surface area contributed by atoms with Crippen molar-refractivity contribution in [3.8, 4) is 0 Å². The molecule has 0 atom stereocenters. The van der Waals surface area contributed by atoms with Gasteiger partial charge in [0.25, 0.3) is 0 Å². The smallest absolute Gasteiger partial charge is 0.331 e. The summed E-state index contributed by atoms with van der Waals surface area (Å²) < 4.78 is 4.66. The molecule has 0 saturated heterocycles. The maximum Gasteiger partial charge on any atom is 0.331 e. The normalized spacial score (nSPS) is 15.9. The zero-order valence-corrected chi connectivity index (χ0v) is 11.3. The molecule has 1 fully saturated rings. The molecule has 7 heteroatoms. The highest BCUT2D eigenvalue weighted by Gasteiger charge is 2.52. The maximum atomic E-state index is 11.7. The van der Waals surface area contributed by atoms with E-state index in [-0.39, 0.29) is 0 Å². The Bertz CT molecular complexity index is 474. The topological polar surface area (TPSA) is 80.3 Å². The molecule has 98 valence electrons. The highest BCUT2D eigenvalue weighted by molar-refractivity contribution is 7.15. The van der Waals surface area contributed by atoms with E-state index in [1.54, 1.807) is 0 Å². The number of carbonyl (C=O) groups excluding carboxylic acids is 2. The number of hydrogen-bond acceptors (Lipinski definition) is 5.